The highest BCUT2D eigenvalue weighted by Gasteiger charge is 2.62. The number of hydrogen-bond donors (Lipinski definition) is 3. The molecule has 3 N–H and O–H groups in total. The zero-order chi connectivity index (χ0) is 41.1. The molecule has 7 aliphatic rings. The van der Waals surface area contributed by atoms with E-state index in [9.17, 15) is 32.4 Å². The average Bonchev–Trinajstić information content (AvgIpc) is 4.10. The molecule has 2 saturated heterocycles. The van der Waals surface area contributed by atoms with Gasteiger partial charge in [-0.1, -0.05) is 55.7 Å². The third kappa shape index (κ3) is 9.58. The summed E-state index contributed by atoms with van der Waals surface area (Å²) in [5.41, 5.74) is 0.771. The Labute approximate surface area is 347 Å². The van der Waals surface area contributed by atoms with Crippen LogP contribution < -0.4 is 15.4 Å². The van der Waals surface area contributed by atoms with Crippen LogP contribution in [0.1, 0.15) is 120 Å². The zero-order valence-corrected chi connectivity index (χ0v) is 34.8. The van der Waals surface area contributed by atoms with Crippen molar-refractivity contribution in [2.75, 3.05) is 32.7 Å². The first kappa shape index (κ1) is 41.5. The molecule has 16 heteroatoms. The quantitative estimate of drug-likeness (QED) is 0.321. The summed E-state index contributed by atoms with van der Waals surface area (Å²) in [6, 6.07) is 5.79. The van der Waals surface area contributed by atoms with E-state index in [4.69, 9.17) is 9.47 Å². The third-order valence-corrected chi connectivity index (χ3v) is 15.3. The smallest absolute Gasteiger partial charge is 0.410 e. The van der Waals surface area contributed by atoms with Crippen LogP contribution in [0.25, 0.3) is 0 Å². The van der Waals surface area contributed by atoms with Crippen molar-refractivity contribution >= 4 is 39.9 Å². The number of fused-ring (bicyclic) bond motifs is 3. The number of amides is 5. The molecule has 6 atom stereocenters. The molecule has 0 spiro atoms. The van der Waals surface area contributed by atoms with Crippen LogP contribution in [0.15, 0.2) is 36.4 Å². The van der Waals surface area contributed by atoms with Gasteiger partial charge < -0.3 is 29.9 Å². The molecule has 59 heavy (non-hydrogen) atoms. The van der Waals surface area contributed by atoms with Gasteiger partial charge in [-0.05, 0) is 108 Å². The molecule has 0 unspecified atom stereocenters. The van der Waals surface area contributed by atoms with E-state index in [0.717, 1.165) is 70.0 Å². The number of benzene rings is 1. The molecule has 3 saturated carbocycles. The molecule has 1 aromatic carbocycles. The summed E-state index contributed by atoms with van der Waals surface area (Å²) in [5.74, 6) is -2.39. The van der Waals surface area contributed by atoms with Crippen LogP contribution in [-0.4, -0.2) is 121 Å². The fourth-order valence-electron chi connectivity index (χ4n) is 9.85. The van der Waals surface area contributed by atoms with E-state index in [1.54, 1.807) is 4.90 Å². The topological polar surface area (TPSA) is 184 Å². The van der Waals surface area contributed by atoms with Gasteiger partial charge >= 0.3 is 12.2 Å². The van der Waals surface area contributed by atoms with Gasteiger partial charge in [0, 0.05) is 25.4 Å². The molecule has 0 bridgehead atoms. The maximum absolute atomic E-state index is 14.7. The summed E-state index contributed by atoms with van der Waals surface area (Å²) in [6.45, 7) is 2.96. The van der Waals surface area contributed by atoms with Crippen molar-refractivity contribution in [3.05, 3.63) is 47.5 Å². The lowest BCUT2D eigenvalue weighted by molar-refractivity contribution is -0.141. The van der Waals surface area contributed by atoms with E-state index < -0.39 is 74.8 Å². The second-order valence-corrected chi connectivity index (χ2v) is 19.7. The molecule has 1 aromatic rings. The first-order valence-corrected chi connectivity index (χ1v) is 23.6. The van der Waals surface area contributed by atoms with Gasteiger partial charge in [0.2, 0.25) is 21.8 Å². The number of nitrogens with zero attached hydrogens (tertiary/aromatic N) is 3. The minimum absolute atomic E-state index is 0.0393. The lowest BCUT2D eigenvalue weighted by Crippen LogP contribution is -2.58. The molecule has 4 heterocycles. The highest BCUT2D eigenvalue weighted by atomic mass is 32.2. The second-order valence-electron chi connectivity index (χ2n) is 17.8. The van der Waals surface area contributed by atoms with Crippen molar-refractivity contribution in [3.8, 4) is 0 Å². The highest BCUT2D eigenvalue weighted by Crippen LogP contribution is 2.46. The monoisotopic (exact) mass is 836 g/mol. The normalized spacial score (nSPS) is 31.4. The van der Waals surface area contributed by atoms with Crippen LogP contribution in [-0.2, 0) is 40.3 Å². The number of carbonyl (C=O) groups excluding carboxylic acids is 5. The van der Waals surface area contributed by atoms with Crippen molar-refractivity contribution in [1.29, 1.82) is 0 Å². The Kier molecular flexibility index (Phi) is 12.5. The SMILES string of the molecule is O=C(N[C@H]1CCCCC/C=C\[C@H]2C[C@@]2(C(=O)NS(=O)(=O)C2CC2)NC(=O)[C@@H]2C[C@@H](OC(=O)N3CCc4ccccc4[C@@H]3CN3CCCCC3)CN2C1=O)OC1CCCC1. The minimum Gasteiger partial charge on any atom is -0.446 e. The largest absolute Gasteiger partial charge is 0.446 e. The van der Waals surface area contributed by atoms with Crippen LogP contribution in [0.4, 0.5) is 9.59 Å². The fraction of sp³-hybridized carbons (Fsp3) is 0.698. The molecular formula is C43H60N6O9S. The lowest BCUT2D eigenvalue weighted by atomic mass is 9.92. The molecule has 15 nitrogen and oxygen atoms in total. The first-order chi connectivity index (χ1) is 28.5. The summed E-state index contributed by atoms with van der Waals surface area (Å²) in [6.07, 6.45) is 13.4. The highest BCUT2D eigenvalue weighted by molar-refractivity contribution is 7.91. The van der Waals surface area contributed by atoms with Gasteiger partial charge in [0.25, 0.3) is 5.91 Å². The maximum atomic E-state index is 14.7. The second kappa shape index (κ2) is 17.8. The van der Waals surface area contributed by atoms with Gasteiger partial charge in [0.05, 0.1) is 17.8 Å². The van der Waals surface area contributed by atoms with Crippen LogP contribution in [0.3, 0.4) is 0 Å². The van der Waals surface area contributed by atoms with Crippen LogP contribution in [0.2, 0.25) is 0 Å². The Balaban J connectivity index is 1.04. The fourth-order valence-corrected chi connectivity index (χ4v) is 11.2. The summed E-state index contributed by atoms with van der Waals surface area (Å²) in [4.78, 5) is 76.0. The number of piperidine rings is 1. The average molecular weight is 837 g/mol. The van der Waals surface area contributed by atoms with Gasteiger partial charge in [-0.3, -0.25) is 24.0 Å². The predicted molar refractivity (Wildman–Crippen MR) is 217 cm³/mol. The molecule has 0 aromatic heterocycles. The van der Waals surface area contributed by atoms with Gasteiger partial charge in [-0.15, -0.1) is 0 Å². The molecular weight excluding hydrogens is 777 g/mol. The van der Waals surface area contributed by atoms with Crippen molar-refractivity contribution in [3.63, 3.8) is 0 Å². The maximum Gasteiger partial charge on any atom is 0.410 e. The summed E-state index contributed by atoms with van der Waals surface area (Å²) < 4.78 is 40.0. The number of allylic oxidation sites excluding steroid dienone is 1. The van der Waals surface area contributed by atoms with E-state index in [-0.39, 0.29) is 31.5 Å². The summed E-state index contributed by atoms with van der Waals surface area (Å²) in [5, 5.41) is 5.06. The molecule has 3 aliphatic carbocycles. The Bertz CT molecular complexity index is 1890. The number of nitrogens with one attached hydrogen (secondary N) is 3. The van der Waals surface area contributed by atoms with Crippen molar-refractivity contribution in [2.45, 2.75) is 150 Å². The van der Waals surface area contributed by atoms with E-state index in [2.05, 4.69) is 32.4 Å². The Morgan fingerprint density at radius 2 is 1.61 bits per heavy atom. The standard InChI is InChI=1S/C43H60N6O9S/c50-38-36-25-32(58-42(54)48-24-21-29-13-7-10-17-34(29)37(48)28-47-22-11-4-12-23-47)27-49(36)39(51)35(44-41(53)57-31-15-8-9-16-31)18-6-3-1-2-5-14-30-26-43(30,45-38)40(52)46-59(55,56)33-19-20-33/h5,7,10,13-14,17,30-33,35-37H,1-4,6,8-9,11-12,15-16,18-28H2,(H,44,53)(H,45,50)(H,46,52)/b14-5-/t30-,32+,35-,36-,37-,43+/m0/s1. The predicted octanol–water partition coefficient (Wildman–Crippen LogP) is 4.22. The number of ether oxygens (including phenoxy) is 2. The Morgan fingerprint density at radius 1 is 0.864 bits per heavy atom. The molecule has 5 amide bonds. The molecule has 322 valence electrons. The van der Waals surface area contributed by atoms with E-state index in [1.165, 1.54) is 16.9 Å². The van der Waals surface area contributed by atoms with Crippen molar-refractivity contribution < 1.29 is 41.9 Å². The van der Waals surface area contributed by atoms with Crippen molar-refractivity contribution in [2.24, 2.45) is 5.92 Å². The zero-order valence-electron chi connectivity index (χ0n) is 34.0. The number of hydrogen-bond acceptors (Lipinski definition) is 10. The van der Waals surface area contributed by atoms with Gasteiger partial charge in [0.1, 0.15) is 29.8 Å². The van der Waals surface area contributed by atoms with Crippen molar-refractivity contribution in [1.82, 2.24) is 30.1 Å². The summed E-state index contributed by atoms with van der Waals surface area (Å²) >= 11 is 0. The number of alkyl carbamates (subject to hydrolysis) is 1. The molecule has 4 aliphatic heterocycles. The first-order valence-electron chi connectivity index (χ1n) is 22.1. The van der Waals surface area contributed by atoms with Crippen LogP contribution in [0.5, 0.6) is 0 Å². The van der Waals surface area contributed by atoms with E-state index in [0.29, 0.717) is 51.6 Å². The van der Waals surface area contributed by atoms with Gasteiger partial charge in [-0.2, -0.15) is 0 Å². The molecule has 0 radical (unpaired) electrons. The summed E-state index contributed by atoms with van der Waals surface area (Å²) in [7, 11) is -3.91. The molecule has 5 fully saturated rings. The number of rotatable bonds is 8. The Hall–Kier alpha value is -4.18. The minimum atomic E-state index is -3.91. The van der Waals surface area contributed by atoms with Gasteiger partial charge in [-0.25, -0.2) is 18.0 Å². The van der Waals surface area contributed by atoms with Gasteiger partial charge in [0.15, 0.2) is 0 Å². The van der Waals surface area contributed by atoms with E-state index in [1.807, 2.05) is 24.3 Å². The number of carbonyl (C=O) groups is 5. The number of sulfonamides is 1. The lowest BCUT2D eigenvalue weighted by Gasteiger charge is -2.40. The van der Waals surface area contributed by atoms with E-state index >= 15 is 0 Å². The van der Waals surface area contributed by atoms with Crippen LogP contribution >= 0.6 is 0 Å². The Morgan fingerprint density at radius 3 is 2.39 bits per heavy atom. The third-order valence-electron chi connectivity index (χ3n) is 13.5. The van der Waals surface area contributed by atoms with Crippen LogP contribution in [0, 0.1) is 5.92 Å². The molecule has 8 rings (SSSR count). The number of likely N-dealkylation sites (tertiary alicyclic amines) is 1.